The number of hydrogen-bond acceptors (Lipinski definition) is 3. The van der Waals surface area contributed by atoms with E-state index < -0.39 is 0 Å². The van der Waals surface area contributed by atoms with Gasteiger partial charge in [-0.3, -0.25) is 0 Å². The van der Waals surface area contributed by atoms with Gasteiger partial charge in [0.2, 0.25) is 0 Å². The van der Waals surface area contributed by atoms with Crippen LogP contribution in [0.25, 0.3) is 0 Å². The first kappa shape index (κ1) is 15.6. The minimum atomic E-state index is 0. The van der Waals surface area contributed by atoms with Crippen molar-refractivity contribution in [2.75, 3.05) is 25.7 Å². The SMILES string of the molecule is COc1ccc(CNCCCSC)cc1.Cl. The van der Waals surface area contributed by atoms with E-state index in [0.29, 0.717) is 0 Å². The maximum absolute atomic E-state index is 5.10. The first-order valence-corrected chi connectivity index (χ1v) is 6.59. The predicted molar refractivity (Wildman–Crippen MR) is 74.9 cm³/mol. The zero-order valence-electron chi connectivity index (χ0n) is 9.86. The molecule has 0 saturated carbocycles. The highest BCUT2D eigenvalue weighted by Gasteiger charge is 1.93. The van der Waals surface area contributed by atoms with Crippen molar-refractivity contribution in [3.05, 3.63) is 29.8 Å². The molecule has 1 N–H and O–H groups in total. The van der Waals surface area contributed by atoms with Gasteiger partial charge in [0.1, 0.15) is 5.75 Å². The van der Waals surface area contributed by atoms with Crippen LogP contribution in [-0.2, 0) is 6.54 Å². The highest BCUT2D eigenvalue weighted by molar-refractivity contribution is 7.98. The number of nitrogens with one attached hydrogen (secondary N) is 1. The molecule has 4 heteroatoms. The quantitative estimate of drug-likeness (QED) is 0.763. The molecule has 2 nitrogen and oxygen atoms in total. The van der Waals surface area contributed by atoms with Crippen LogP contribution >= 0.6 is 24.2 Å². The van der Waals surface area contributed by atoms with Gasteiger partial charge < -0.3 is 10.1 Å². The topological polar surface area (TPSA) is 21.3 Å². The van der Waals surface area contributed by atoms with Gasteiger partial charge in [-0.25, -0.2) is 0 Å². The molecule has 0 atom stereocenters. The molecule has 0 amide bonds. The van der Waals surface area contributed by atoms with E-state index in [1.807, 2.05) is 23.9 Å². The van der Waals surface area contributed by atoms with Gasteiger partial charge in [-0.05, 0) is 42.7 Å². The van der Waals surface area contributed by atoms with E-state index in [1.165, 1.54) is 17.7 Å². The molecule has 0 aliphatic rings. The third-order valence-corrected chi connectivity index (χ3v) is 2.89. The summed E-state index contributed by atoms with van der Waals surface area (Å²) >= 11 is 1.90. The second-order valence-electron chi connectivity index (χ2n) is 3.37. The van der Waals surface area contributed by atoms with Crippen LogP contribution in [0.15, 0.2) is 24.3 Å². The number of benzene rings is 1. The summed E-state index contributed by atoms with van der Waals surface area (Å²) < 4.78 is 5.10. The van der Waals surface area contributed by atoms with Crippen LogP contribution in [0.1, 0.15) is 12.0 Å². The van der Waals surface area contributed by atoms with E-state index in [0.717, 1.165) is 18.8 Å². The molecule has 0 aliphatic heterocycles. The fourth-order valence-corrected chi connectivity index (χ4v) is 1.75. The standard InChI is InChI=1S/C12H19NOS.ClH/c1-14-12-6-4-11(5-7-12)10-13-8-3-9-15-2;/h4-7,13H,3,8-10H2,1-2H3;1H. The van der Waals surface area contributed by atoms with Gasteiger partial charge in [-0.15, -0.1) is 12.4 Å². The molecule has 0 bridgehead atoms. The minimum absolute atomic E-state index is 0. The molecule has 0 unspecified atom stereocenters. The van der Waals surface area contributed by atoms with Crippen molar-refractivity contribution in [2.24, 2.45) is 0 Å². The van der Waals surface area contributed by atoms with Crippen molar-refractivity contribution in [2.45, 2.75) is 13.0 Å². The van der Waals surface area contributed by atoms with Crippen molar-refractivity contribution >= 4 is 24.2 Å². The first-order chi connectivity index (χ1) is 7.36. The molecule has 92 valence electrons. The molecule has 0 fully saturated rings. The zero-order valence-corrected chi connectivity index (χ0v) is 11.5. The molecule has 1 aromatic rings. The average molecular weight is 262 g/mol. The predicted octanol–water partition coefficient (Wildman–Crippen LogP) is 2.96. The number of methoxy groups -OCH3 is 1. The maximum atomic E-state index is 5.10. The third-order valence-electron chi connectivity index (χ3n) is 2.19. The molecule has 0 aliphatic carbocycles. The van der Waals surface area contributed by atoms with Crippen molar-refractivity contribution in [1.29, 1.82) is 0 Å². The van der Waals surface area contributed by atoms with Gasteiger partial charge in [0, 0.05) is 6.54 Å². The minimum Gasteiger partial charge on any atom is -0.497 e. The van der Waals surface area contributed by atoms with Gasteiger partial charge in [-0.1, -0.05) is 12.1 Å². The van der Waals surface area contributed by atoms with Gasteiger partial charge in [-0.2, -0.15) is 11.8 Å². The lowest BCUT2D eigenvalue weighted by atomic mass is 10.2. The van der Waals surface area contributed by atoms with Crippen molar-refractivity contribution in [1.82, 2.24) is 5.32 Å². The Morgan fingerprint density at radius 1 is 1.25 bits per heavy atom. The monoisotopic (exact) mass is 261 g/mol. The second-order valence-corrected chi connectivity index (χ2v) is 4.36. The van der Waals surface area contributed by atoms with Crippen LogP contribution in [0.4, 0.5) is 0 Å². The van der Waals surface area contributed by atoms with Crippen LogP contribution < -0.4 is 10.1 Å². The Morgan fingerprint density at radius 3 is 2.50 bits per heavy atom. The Kier molecular flexibility index (Phi) is 9.59. The van der Waals surface area contributed by atoms with Crippen molar-refractivity contribution < 1.29 is 4.74 Å². The number of rotatable bonds is 7. The Balaban J connectivity index is 0.00000225. The Labute approximate surface area is 109 Å². The molecule has 1 aromatic carbocycles. The number of hydrogen-bond donors (Lipinski definition) is 1. The third kappa shape index (κ3) is 6.26. The number of halogens is 1. The van der Waals surface area contributed by atoms with E-state index in [4.69, 9.17) is 4.74 Å². The lowest BCUT2D eigenvalue weighted by molar-refractivity contribution is 0.414. The average Bonchev–Trinajstić information content (AvgIpc) is 2.30. The summed E-state index contributed by atoms with van der Waals surface area (Å²) in [7, 11) is 1.69. The smallest absolute Gasteiger partial charge is 0.118 e. The Bertz CT molecular complexity index is 266. The van der Waals surface area contributed by atoms with E-state index in [9.17, 15) is 0 Å². The highest BCUT2D eigenvalue weighted by atomic mass is 35.5. The summed E-state index contributed by atoms with van der Waals surface area (Å²) in [5.74, 6) is 2.15. The molecule has 16 heavy (non-hydrogen) atoms. The summed E-state index contributed by atoms with van der Waals surface area (Å²) in [6.07, 6.45) is 3.38. The fraction of sp³-hybridized carbons (Fsp3) is 0.500. The molecule has 0 heterocycles. The molecule has 1 rings (SSSR count). The van der Waals surface area contributed by atoms with Gasteiger partial charge in [0.25, 0.3) is 0 Å². The van der Waals surface area contributed by atoms with Crippen LogP contribution in [0.5, 0.6) is 5.75 Å². The lowest BCUT2D eigenvalue weighted by Gasteiger charge is -2.05. The normalized spacial score (nSPS) is 9.62. The van der Waals surface area contributed by atoms with E-state index in [-0.39, 0.29) is 12.4 Å². The molecular weight excluding hydrogens is 242 g/mol. The molecule has 0 saturated heterocycles. The van der Waals surface area contributed by atoms with Crippen LogP contribution in [0.2, 0.25) is 0 Å². The zero-order chi connectivity index (χ0) is 10.9. The van der Waals surface area contributed by atoms with Gasteiger partial charge in [0.05, 0.1) is 7.11 Å². The molecule has 0 radical (unpaired) electrons. The fourth-order valence-electron chi connectivity index (χ4n) is 1.32. The molecule has 0 spiro atoms. The number of thioether (sulfide) groups is 1. The Morgan fingerprint density at radius 2 is 1.94 bits per heavy atom. The first-order valence-electron chi connectivity index (χ1n) is 5.19. The van der Waals surface area contributed by atoms with E-state index in [2.05, 4.69) is 23.7 Å². The van der Waals surface area contributed by atoms with Crippen LogP contribution in [0.3, 0.4) is 0 Å². The van der Waals surface area contributed by atoms with Crippen molar-refractivity contribution in [3.8, 4) is 5.75 Å². The molecular formula is C12H20ClNOS. The van der Waals surface area contributed by atoms with Crippen LogP contribution in [0, 0.1) is 0 Å². The van der Waals surface area contributed by atoms with Crippen LogP contribution in [-0.4, -0.2) is 25.7 Å². The Hall–Kier alpha value is -0.380. The van der Waals surface area contributed by atoms with Gasteiger partial charge in [0.15, 0.2) is 0 Å². The largest absolute Gasteiger partial charge is 0.497 e. The van der Waals surface area contributed by atoms with Crippen molar-refractivity contribution in [3.63, 3.8) is 0 Å². The summed E-state index contributed by atoms with van der Waals surface area (Å²) in [5, 5.41) is 3.42. The summed E-state index contributed by atoms with van der Waals surface area (Å²) in [6, 6.07) is 8.19. The van der Waals surface area contributed by atoms with E-state index >= 15 is 0 Å². The van der Waals surface area contributed by atoms with E-state index in [1.54, 1.807) is 7.11 Å². The lowest BCUT2D eigenvalue weighted by Crippen LogP contribution is -2.15. The summed E-state index contributed by atoms with van der Waals surface area (Å²) in [6.45, 7) is 2.03. The van der Waals surface area contributed by atoms with Gasteiger partial charge >= 0.3 is 0 Å². The molecule has 0 aromatic heterocycles. The summed E-state index contributed by atoms with van der Waals surface area (Å²) in [5.41, 5.74) is 1.31. The second kappa shape index (κ2) is 9.82. The highest BCUT2D eigenvalue weighted by Crippen LogP contribution is 2.10. The maximum Gasteiger partial charge on any atom is 0.118 e. The number of ether oxygens (including phenoxy) is 1. The summed E-state index contributed by atoms with van der Waals surface area (Å²) in [4.78, 5) is 0.